The van der Waals surface area contributed by atoms with Crippen LogP contribution in [0.4, 0.5) is 0 Å². The van der Waals surface area contributed by atoms with Gasteiger partial charge >= 0.3 is 0 Å². The van der Waals surface area contributed by atoms with Gasteiger partial charge in [-0.05, 0) is 38.7 Å². The third kappa shape index (κ3) is 1.89. The van der Waals surface area contributed by atoms with Crippen LogP contribution in [0.5, 0.6) is 0 Å². The Morgan fingerprint density at radius 1 is 1.60 bits per heavy atom. The second-order valence-corrected chi connectivity index (χ2v) is 3.86. The van der Waals surface area contributed by atoms with Crippen LogP contribution < -0.4 is 0 Å². The molecule has 0 amide bonds. The Morgan fingerprint density at radius 2 is 2.30 bits per heavy atom. The molecule has 1 aliphatic rings. The minimum absolute atomic E-state index is 0.748. The highest BCUT2D eigenvalue weighted by Crippen LogP contribution is 2.29. The summed E-state index contributed by atoms with van der Waals surface area (Å²) in [6, 6.07) is 0. The van der Waals surface area contributed by atoms with E-state index in [4.69, 9.17) is 16.3 Å². The van der Waals surface area contributed by atoms with Crippen LogP contribution in [0.15, 0.2) is 20.4 Å². The molecule has 0 saturated carbocycles. The number of ether oxygens (including phenoxy) is 1. The lowest BCUT2D eigenvalue weighted by Crippen LogP contribution is -1.94. The van der Waals surface area contributed by atoms with Gasteiger partial charge in [0.2, 0.25) is 0 Å². The summed E-state index contributed by atoms with van der Waals surface area (Å²) >= 11 is 8.14. The van der Waals surface area contributed by atoms with Crippen molar-refractivity contribution in [2.45, 2.75) is 12.8 Å². The van der Waals surface area contributed by atoms with Gasteiger partial charge in [0.1, 0.15) is 5.76 Å². The van der Waals surface area contributed by atoms with Gasteiger partial charge in [-0.25, -0.2) is 0 Å². The maximum absolute atomic E-state index is 5.85. The number of halogens is 2. The first-order valence-electron chi connectivity index (χ1n) is 3.02. The van der Waals surface area contributed by atoms with E-state index >= 15 is 0 Å². The van der Waals surface area contributed by atoms with Gasteiger partial charge in [-0.1, -0.05) is 11.6 Å². The van der Waals surface area contributed by atoms with E-state index in [0.29, 0.717) is 0 Å². The Kier molecular flexibility index (Phi) is 3.04. The summed E-state index contributed by atoms with van der Waals surface area (Å²) in [5.41, 5.74) is 0. The molecule has 0 N–H and O–H groups in total. The molecule has 0 aliphatic heterocycles. The fourth-order valence-electron chi connectivity index (χ4n) is 0.842. The topological polar surface area (TPSA) is 9.23 Å². The molecule has 0 radical (unpaired) electrons. The van der Waals surface area contributed by atoms with Crippen LogP contribution in [0.25, 0.3) is 0 Å². The van der Waals surface area contributed by atoms with Crippen molar-refractivity contribution in [1.29, 1.82) is 0 Å². The molecule has 56 valence electrons. The number of rotatable bonds is 1. The van der Waals surface area contributed by atoms with E-state index in [9.17, 15) is 0 Å². The molecule has 1 nitrogen and oxygen atoms in total. The predicted molar refractivity (Wildman–Crippen MR) is 51.2 cm³/mol. The average Bonchev–Trinajstić information content (AvgIpc) is 1.88. The second kappa shape index (κ2) is 3.62. The van der Waals surface area contributed by atoms with Crippen molar-refractivity contribution in [3.05, 3.63) is 20.4 Å². The van der Waals surface area contributed by atoms with Gasteiger partial charge in [0.25, 0.3) is 0 Å². The molecule has 0 bridgehead atoms. The highest BCUT2D eigenvalue weighted by Gasteiger charge is 2.09. The van der Waals surface area contributed by atoms with Crippen molar-refractivity contribution in [2.75, 3.05) is 7.11 Å². The summed E-state index contributed by atoms with van der Waals surface area (Å²) < 4.78 is 6.35. The molecule has 0 fully saturated rings. The summed E-state index contributed by atoms with van der Waals surface area (Å²) in [7, 11) is 1.66. The van der Waals surface area contributed by atoms with E-state index in [2.05, 4.69) is 22.6 Å². The Balaban J connectivity index is 2.80. The Hall–Kier alpha value is 0.300. The third-order valence-corrected chi connectivity index (χ3v) is 2.56. The SMILES string of the molecule is COC1=C(Cl)C=C(I)CC1. The molecule has 0 unspecified atom stereocenters. The average molecular weight is 270 g/mol. The minimum Gasteiger partial charge on any atom is -0.500 e. The molecule has 0 aromatic carbocycles. The molecule has 1 aliphatic carbocycles. The van der Waals surface area contributed by atoms with Crippen LogP contribution in [-0.2, 0) is 4.74 Å². The summed E-state index contributed by atoms with van der Waals surface area (Å²) in [6.07, 6.45) is 3.94. The van der Waals surface area contributed by atoms with E-state index in [-0.39, 0.29) is 0 Å². The van der Waals surface area contributed by atoms with Gasteiger partial charge in [-0.15, -0.1) is 0 Å². The molecule has 0 saturated heterocycles. The molecule has 0 heterocycles. The lowest BCUT2D eigenvalue weighted by molar-refractivity contribution is 0.275. The lowest BCUT2D eigenvalue weighted by Gasteiger charge is -2.11. The number of hydrogen-bond acceptors (Lipinski definition) is 1. The van der Waals surface area contributed by atoms with Crippen molar-refractivity contribution in [3.63, 3.8) is 0 Å². The van der Waals surface area contributed by atoms with Crippen molar-refractivity contribution in [1.82, 2.24) is 0 Å². The zero-order chi connectivity index (χ0) is 7.56. The van der Waals surface area contributed by atoms with Crippen molar-refractivity contribution in [2.24, 2.45) is 0 Å². The van der Waals surface area contributed by atoms with Crippen molar-refractivity contribution in [3.8, 4) is 0 Å². The normalized spacial score (nSPS) is 18.9. The number of allylic oxidation sites excluding steroid dienone is 4. The molecule has 0 spiro atoms. The molecule has 10 heavy (non-hydrogen) atoms. The smallest absolute Gasteiger partial charge is 0.114 e. The van der Waals surface area contributed by atoms with E-state index in [1.807, 2.05) is 6.08 Å². The molecule has 1 rings (SSSR count). The maximum Gasteiger partial charge on any atom is 0.114 e. The fourth-order valence-corrected chi connectivity index (χ4v) is 1.91. The minimum atomic E-state index is 0.748. The highest BCUT2D eigenvalue weighted by atomic mass is 127. The molecule has 0 aromatic heterocycles. The van der Waals surface area contributed by atoms with Crippen LogP contribution in [-0.4, -0.2) is 7.11 Å². The summed E-state index contributed by atoms with van der Waals surface area (Å²) in [5.74, 6) is 0.905. The molecular formula is C7H8ClIO. The Bertz CT molecular complexity index is 196. The van der Waals surface area contributed by atoms with E-state index in [1.165, 1.54) is 3.58 Å². The summed E-state index contributed by atoms with van der Waals surface area (Å²) in [4.78, 5) is 0. The first-order chi connectivity index (χ1) is 4.74. The highest BCUT2D eigenvalue weighted by molar-refractivity contribution is 14.1. The lowest BCUT2D eigenvalue weighted by atomic mass is 10.2. The van der Waals surface area contributed by atoms with Gasteiger partial charge in [0.05, 0.1) is 12.1 Å². The van der Waals surface area contributed by atoms with Gasteiger partial charge in [0, 0.05) is 6.42 Å². The van der Waals surface area contributed by atoms with Crippen LogP contribution in [0, 0.1) is 0 Å². The first-order valence-corrected chi connectivity index (χ1v) is 4.48. The summed E-state index contributed by atoms with van der Waals surface area (Å²) in [5, 5.41) is 0.748. The van der Waals surface area contributed by atoms with Crippen LogP contribution >= 0.6 is 34.2 Å². The quantitative estimate of drug-likeness (QED) is 0.665. The second-order valence-electron chi connectivity index (χ2n) is 2.07. The zero-order valence-corrected chi connectivity index (χ0v) is 8.57. The van der Waals surface area contributed by atoms with E-state index < -0.39 is 0 Å². The standard InChI is InChI=1S/C7H8ClIO/c1-10-7-3-2-5(9)4-6(7)8/h4H,2-3H2,1H3. The monoisotopic (exact) mass is 270 g/mol. The van der Waals surface area contributed by atoms with Crippen molar-refractivity contribution < 1.29 is 4.74 Å². The summed E-state index contributed by atoms with van der Waals surface area (Å²) in [6.45, 7) is 0. The van der Waals surface area contributed by atoms with Crippen LogP contribution in [0.3, 0.4) is 0 Å². The van der Waals surface area contributed by atoms with Gasteiger partial charge in [0.15, 0.2) is 0 Å². The van der Waals surface area contributed by atoms with Crippen LogP contribution in [0.1, 0.15) is 12.8 Å². The molecule has 0 aromatic rings. The fraction of sp³-hybridized carbons (Fsp3) is 0.429. The van der Waals surface area contributed by atoms with E-state index in [0.717, 1.165) is 23.6 Å². The predicted octanol–water partition coefficient (Wildman–Crippen LogP) is 3.20. The van der Waals surface area contributed by atoms with Gasteiger partial charge in [-0.3, -0.25) is 0 Å². The Morgan fingerprint density at radius 3 is 2.80 bits per heavy atom. The molecule has 3 heteroatoms. The van der Waals surface area contributed by atoms with Crippen LogP contribution in [0.2, 0.25) is 0 Å². The Labute approximate surface area is 79.2 Å². The first kappa shape index (κ1) is 8.40. The van der Waals surface area contributed by atoms with Gasteiger partial charge in [-0.2, -0.15) is 0 Å². The number of hydrogen-bond donors (Lipinski definition) is 0. The van der Waals surface area contributed by atoms with E-state index in [1.54, 1.807) is 7.11 Å². The zero-order valence-electron chi connectivity index (χ0n) is 5.66. The van der Waals surface area contributed by atoms with Gasteiger partial charge < -0.3 is 4.74 Å². The van der Waals surface area contributed by atoms with Crippen molar-refractivity contribution >= 4 is 34.2 Å². The third-order valence-electron chi connectivity index (χ3n) is 1.39. The number of methoxy groups -OCH3 is 1. The maximum atomic E-state index is 5.85. The largest absolute Gasteiger partial charge is 0.500 e. The molecule has 0 atom stereocenters. The molecular weight excluding hydrogens is 262 g/mol.